The van der Waals surface area contributed by atoms with Gasteiger partial charge < -0.3 is 10.4 Å². The molecule has 1 aromatic carbocycles. The second-order valence-electron chi connectivity index (χ2n) is 2.84. The van der Waals surface area contributed by atoms with Gasteiger partial charge in [0, 0.05) is 24.4 Å². The maximum atomic E-state index is 11.1. The van der Waals surface area contributed by atoms with E-state index in [2.05, 4.69) is 5.32 Å². The van der Waals surface area contributed by atoms with Crippen LogP contribution in [0.2, 0.25) is 0 Å². The molecule has 2 N–H and O–H groups in total. The van der Waals surface area contributed by atoms with Crippen LogP contribution in [0.4, 0.5) is 0 Å². The van der Waals surface area contributed by atoms with Gasteiger partial charge in [0.25, 0.3) is 0 Å². The quantitative estimate of drug-likeness (QED) is 0.747. The van der Waals surface area contributed by atoms with Crippen LogP contribution < -0.4 is 5.32 Å². The van der Waals surface area contributed by atoms with Gasteiger partial charge in [-0.05, 0) is 6.07 Å². The van der Waals surface area contributed by atoms with Crippen molar-refractivity contribution in [1.82, 2.24) is 5.32 Å². The molecule has 0 bridgehead atoms. The number of aromatic hydroxyl groups is 1. The Hall–Kier alpha value is -1.22. The van der Waals surface area contributed by atoms with Gasteiger partial charge >= 0.3 is 0 Å². The maximum absolute atomic E-state index is 11.1. The van der Waals surface area contributed by atoms with E-state index in [1.165, 1.54) is 0 Å². The van der Waals surface area contributed by atoms with Gasteiger partial charge in [-0.25, -0.2) is 0 Å². The fraction of sp³-hybridized carbons (Fsp3) is 0.300. The van der Waals surface area contributed by atoms with Gasteiger partial charge in [0.1, 0.15) is 5.75 Å². The number of carbonyl (C=O) groups is 1. The van der Waals surface area contributed by atoms with Gasteiger partial charge in [0.05, 0.1) is 0 Å². The molecule has 0 aliphatic carbocycles. The first-order valence-corrected chi connectivity index (χ1v) is 4.87. The van der Waals surface area contributed by atoms with Crippen molar-refractivity contribution in [3.8, 4) is 5.75 Å². The number of para-hydroxylation sites is 1. The predicted molar refractivity (Wildman–Crippen MR) is 55.3 cm³/mol. The van der Waals surface area contributed by atoms with Crippen LogP contribution in [0.25, 0.3) is 0 Å². The molecule has 0 heterocycles. The SMILES string of the molecule is O=C(CCCl)NCc1ccccc1O. The Morgan fingerprint density at radius 1 is 1.43 bits per heavy atom. The number of phenolic OH excluding ortho intramolecular Hbond substituents is 1. The van der Waals surface area contributed by atoms with Crippen molar-refractivity contribution in [3.63, 3.8) is 0 Å². The Kier molecular flexibility index (Phi) is 4.26. The second kappa shape index (κ2) is 5.50. The highest BCUT2D eigenvalue weighted by molar-refractivity contribution is 6.18. The third-order valence-electron chi connectivity index (χ3n) is 1.79. The average molecular weight is 214 g/mol. The van der Waals surface area contributed by atoms with Crippen LogP contribution in [0.3, 0.4) is 0 Å². The summed E-state index contributed by atoms with van der Waals surface area (Å²) in [4.78, 5) is 11.1. The van der Waals surface area contributed by atoms with Crippen LogP contribution in [-0.2, 0) is 11.3 Å². The summed E-state index contributed by atoms with van der Waals surface area (Å²) < 4.78 is 0. The highest BCUT2D eigenvalue weighted by Gasteiger charge is 2.02. The maximum Gasteiger partial charge on any atom is 0.221 e. The summed E-state index contributed by atoms with van der Waals surface area (Å²) in [6.45, 7) is 0.336. The smallest absolute Gasteiger partial charge is 0.221 e. The van der Waals surface area contributed by atoms with Crippen molar-refractivity contribution in [2.24, 2.45) is 0 Å². The number of phenols is 1. The number of benzene rings is 1. The number of hydrogen-bond donors (Lipinski definition) is 2. The first kappa shape index (κ1) is 10.9. The molecule has 3 nitrogen and oxygen atoms in total. The van der Waals surface area contributed by atoms with Crippen LogP contribution in [-0.4, -0.2) is 16.9 Å². The molecule has 0 atom stereocenters. The van der Waals surface area contributed by atoms with Gasteiger partial charge in [-0.3, -0.25) is 4.79 Å². The molecular weight excluding hydrogens is 202 g/mol. The van der Waals surface area contributed by atoms with Crippen molar-refractivity contribution in [1.29, 1.82) is 0 Å². The first-order valence-electron chi connectivity index (χ1n) is 4.33. The van der Waals surface area contributed by atoms with E-state index in [4.69, 9.17) is 11.6 Å². The van der Waals surface area contributed by atoms with Gasteiger partial charge in [-0.2, -0.15) is 0 Å². The van der Waals surface area contributed by atoms with Gasteiger partial charge in [-0.15, -0.1) is 11.6 Å². The van der Waals surface area contributed by atoms with Gasteiger partial charge in [-0.1, -0.05) is 18.2 Å². The third-order valence-corrected chi connectivity index (χ3v) is 1.98. The molecular formula is C10H12ClNO2. The lowest BCUT2D eigenvalue weighted by molar-refractivity contribution is -0.120. The molecule has 1 aromatic rings. The number of halogens is 1. The number of rotatable bonds is 4. The third kappa shape index (κ3) is 3.26. The zero-order chi connectivity index (χ0) is 10.4. The summed E-state index contributed by atoms with van der Waals surface area (Å²) in [5.41, 5.74) is 0.704. The van der Waals surface area contributed by atoms with E-state index in [0.717, 1.165) is 0 Å². The van der Waals surface area contributed by atoms with Gasteiger partial charge in [0.15, 0.2) is 0 Å². The highest BCUT2D eigenvalue weighted by Crippen LogP contribution is 2.14. The molecule has 0 aromatic heterocycles. The molecule has 0 fully saturated rings. The summed E-state index contributed by atoms with van der Waals surface area (Å²) in [5.74, 6) is 0.397. The minimum absolute atomic E-state index is 0.108. The van der Waals surface area contributed by atoms with Crippen LogP contribution >= 0.6 is 11.6 Å². The van der Waals surface area contributed by atoms with Crippen molar-refractivity contribution in [3.05, 3.63) is 29.8 Å². The van der Waals surface area contributed by atoms with Crippen molar-refractivity contribution in [2.45, 2.75) is 13.0 Å². The first-order chi connectivity index (χ1) is 6.74. The fourth-order valence-corrected chi connectivity index (χ4v) is 1.20. The molecule has 0 aliphatic rings. The number of nitrogens with one attached hydrogen (secondary N) is 1. The van der Waals surface area contributed by atoms with E-state index in [1.54, 1.807) is 18.2 Å². The largest absolute Gasteiger partial charge is 0.508 e. The minimum atomic E-state index is -0.108. The van der Waals surface area contributed by atoms with E-state index in [9.17, 15) is 9.90 Å². The van der Waals surface area contributed by atoms with Crippen molar-refractivity contribution >= 4 is 17.5 Å². The van der Waals surface area contributed by atoms with E-state index in [0.29, 0.717) is 24.4 Å². The summed E-state index contributed by atoms with van der Waals surface area (Å²) in [6, 6.07) is 6.89. The highest BCUT2D eigenvalue weighted by atomic mass is 35.5. The van der Waals surface area contributed by atoms with Crippen molar-refractivity contribution < 1.29 is 9.90 Å². The van der Waals surface area contributed by atoms with Crippen LogP contribution in [0, 0.1) is 0 Å². The zero-order valence-corrected chi connectivity index (χ0v) is 8.42. The number of carbonyl (C=O) groups excluding carboxylic acids is 1. The second-order valence-corrected chi connectivity index (χ2v) is 3.22. The average Bonchev–Trinajstić information content (AvgIpc) is 2.17. The summed E-state index contributed by atoms with van der Waals surface area (Å²) in [5, 5.41) is 12.0. The molecule has 0 saturated heterocycles. The molecule has 4 heteroatoms. The van der Waals surface area contributed by atoms with Gasteiger partial charge in [0.2, 0.25) is 5.91 Å². The Labute approximate surface area is 87.7 Å². The molecule has 1 amide bonds. The number of hydrogen-bond acceptors (Lipinski definition) is 2. The van der Waals surface area contributed by atoms with Crippen LogP contribution in [0.5, 0.6) is 5.75 Å². The lowest BCUT2D eigenvalue weighted by Gasteiger charge is -2.05. The topological polar surface area (TPSA) is 49.3 Å². The standard InChI is InChI=1S/C10H12ClNO2/c11-6-5-10(14)12-7-8-3-1-2-4-9(8)13/h1-4,13H,5-7H2,(H,12,14). The fourth-order valence-electron chi connectivity index (χ4n) is 1.03. The summed E-state index contributed by atoms with van der Waals surface area (Å²) >= 11 is 5.40. The molecule has 0 radical (unpaired) electrons. The van der Waals surface area contributed by atoms with E-state index < -0.39 is 0 Å². The van der Waals surface area contributed by atoms with E-state index in [1.807, 2.05) is 6.07 Å². The molecule has 0 unspecified atom stereocenters. The van der Waals surface area contributed by atoms with E-state index in [-0.39, 0.29) is 11.7 Å². The Balaban J connectivity index is 2.46. The summed E-state index contributed by atoms with van der Waals surface area (Å²) in [7, 11) is 0. The molecule has 0 saturated carbocycles. The Morgan fingerprint density at radius 2 is 2.14 bits per heavy atom. The molecule has 0 spiro atoms. The minimum Gasteiger partial charge on any atom is -0.508 e. The Bertz CT molecular complexity index is 315. The van der Waals surface area contributed by atoms with Crippen LogP contribution in [0.15, 0.2) is 24.3 Å². The number of alkyl halides is 1. The lowest BCUT2D eigenvalue weighted by Crippen LogP contribution is -2.22. The molecule has 76 valence electrons. The number of amides is 1. The molecule has 1 rings (SSSR count). The summed E-state index contributed by atoms with van der Waals surface area (Å²) in [6.07, 6.45) is 0.301. The molecule has 0 aliphatic heterocycles. The van der Waals surface area contributed by atoms with Crippen LogP contribution in [0.1, 0.15) is 12.0 Å². The predicted octanol–water partition coefficient (Wildman–Crippen LogP) is 1.64. The van der Waals surface area contributed by atoms with E-state index >= 15 is 0 Å². The monoisotopic (exact) mass is 213 g/mol. The lowest BCUT2D eigenvalue weighted by atomic mass is 10.2. The van der Waals surface area contributed by atoms with Crippen molar-refractivity contribution in [2.75, 3.05) is 5.88 Å². The zero-order valence-electron chi connectivity index (χ0n) is 7.66. The normalized spacial score (nSPS) is 9.79. The molecule has 14 heavy (non-hydrogen) atoms. The Morgan fingerprint density at radius 3 is 2.79 bits per heavy atom.